The minimum absolute atomic E-state index is 0.0969. The molecule has 0 aliphatic carbocycles. The number of nitrogens with one attached hydrogen (secondary N) is 3. The molecule has 31 heavy (non-hydrogen) atoms. The summed E-state index contributed by atoms with van der Waals surface area (Å²) in [6, 6.07) is 12.3. The van der Waals surface area contributed by atoms with Gasteiger partial charge in [0.1, 0.15) is 11.3 Å². The molecule has 158 valence electrons. The first-order valence-corrected chi connectivity index (χ1v) is 10.0. The zero-order valence-corrected chi connectivity index (χ0v) is 17.2. The van der Waals surface area contributed by atoms with Crippen molar-refractivity contribution >= 4 is 10.9 Å². The second-order valence-electron chi connectivity index (χ2n) is 7.73. The summed E-state index contributed by atoms with van der Waals surface area (Å²) in [5.41, 5.74) is 3.06. The highest BCUT2D eigenvalue weighted by Gasteiger charge is 2.31. The molecule has 0 radical (unpaired) electrons. The van der Waals surface area contributed by atoms with E-state index in [4.69, 9.17) is 4.74 Å². The first-order chi connectivity index (χ1) is 15.0. The normalized spacial score (nSPS) is 15.7. The largest absolute Gasteiger partial charge is 0.497 e. The molecular formula is C23H22N4O4. The van der Waals surface area contributed by atoms with Crippen LogP contribution in [0.15, 0.2) is 52.1 Å². The zero-order chi connectivity index (χ0) is 21.7. The summed E-state index contributed by atoms with van der Waals surface area (Å²) >= 11 is 0. The molecule has 0 saturated carbocycles. The second kappa shape index (κ2) is 7.17. The van der Waals surface area contributed by atoms with Gasteiger partial charge in [0.15, 0.2) is 0 Å². The van der Waals surface area contributed by atoms with Crippen LogP contribution in [0.2, 0.25) is 0 Å². The molecule has 8 heteroatoms. The highest BCUT2D eigenvalue weighted by molar-refractivity contribution is 5.86. The number of nitrogens with zero attached hydrogens (tertiary/aromatic N) is 1. The lowest BCUT2D eigenvalue weighted by atomic mass is 9.95. The van der Waals surface area contributed by atoms with Crippen LogP contribution >= 0.6 is 0 Å². The van der Waals surface area contributed by atoms with Gasteiger partial charge in [0.05, 0.1) is 18.8 Å². The molecule has 3 heterocycles. The fourth-order valence-electron chi connectivity index (χ4n) is 4.31. The van der Waals surface area contributed by atoms with Crippen LogP contribution in [0.1, 0.15) is 28.4 Å². The van der Waals surface area contributed by atoms with Gasteiger partial charge in [0.25, 0.3) is 5.56 Å². The first kappa shape index (κ1) is 19.2. The van der Waals surface area contributed by atoms with Gasteiger partial charge >= 0.3 is 5.69 Å². The molecular weight excluding hydrogens is 396 g/mol. The summed E-state index contributed by atoms with van der Waals surface area (Å²) in [5.74, 6) is 0.372. The van der Waals surface area contributed by atoms with E-state index < -0.39 is 17.3 Å². The van der Waals surface area contributed by atoms with Crippen LogP contribution in [0, 0.1) is 6.92 Å². The molecule has 5 rings (SSSR count). The predicted molar refractivity (Wildman–Crippen MR) is 117 cm³/mol. The van der Waals surface area contributed by atoms with Gasteiger partial charge in [-0.25, -0.2) is 9.36 Å². The number of aryl methyl sites for hydroxylation is 1. The number of hydrogen-bond donors (Lipinski definition) is 4. The predicted octanol–water partition coefficient (Wildman–Crippen LogP) is 2.26. The number of hydrogen-bond acceptors (Lipinski definition) is 5. The Hall–Kier alpha value is -3.78. The maximum Gasteiger partial charge on any atom is 0.335 e. The van der Waals surface area contributed by atoms with E-state index in [9.17, 15) is 14.7 Å². The number of rotatable bonds is 3. The third kappa shape index (κ3) is 3.03. The Morgan fingerprint density at radius 1 is 1.10 bits per heavy atom. The van der Waals surface area contributed by atoms with Crippen LogP contribution in [0.3, 0.4) is 0 Å². The van der Waals surface area contributed by atoms with Crippen molar-refractivity contribution in [2.45, 2.75) is 19.4 Å². The van der Waals surface area contributed by atoms with Gasteiger partial charge in [0.2, 0.25) is 5.88 Å². The molecule has 4 aromatic rings. The molecule has 4 N–H and O–H groups in total. The molecule has 0 amide bonds. The lowest BCUT2D eigenvalue weighted by molar-refractivity contribution is 0.409. The van der Waals surface area contributed by atoms with Crippen LogP contribution in [0.4, 0.5) is 0 Å². The first-order valence-electron chi connectivity index (χ1n) is 10.0. The van der Waals surface area contributed by atoms with Gasteiger partial charge in [-0.2, -0.15) is 0 Å². The maximum absolute atomic E-state index is 12.8. The van der Waals surface area contributed by atoms with E-state index in [0.717, 1.165) is 44.5 Å². The Balaban J connectivity index is 1.72. The Morgan fingerprint density at radius 2 is 1.87 bits per heavy atom. The van der Waals surface area contributed by atoms with Crippen molar-refractivity contribution in [1.29, 1.82) is 0 Å². The van der Waals surface area contributed by atoms with E-state index in [-0.39, 0.29) is 11.4 Å². The number of benzene rings is 2. The average Bonchev–Trinajstić information content (AvgIpc) is 3.13. The molecule has 1 aliphatic rings. The van der Waals surface area contributed by atoms with E-state index in [1.165, 1.54) is 0 Å². The fourth-order valence-corrected chi connectivity index (χ4v) is 4.31. The number of fused-ring (bicyclic) bond motifs is 3. The van der Waals surface area contributed by atoms with Crippen molar-refractivity contribution in [2.24, 2.45) is 0 Å². The maximum atomic E-state index is 12.8. The van der Waals surface area contributed by atoms with E-state index >= 15 is 0 Å². The lowest BCUT2D eigenvalue weighted by Crippen LogP contribution is -2.38. The summed E-state index contributed by atoms with van der Waals surface area (Å²) in [5, 5.41) is 15.4. The van der Waals surface area contributed by atoms with Crippen LogP contribution in [0.25, 0.3) is 16.6 Å². The standard InChI is InChI=1S/C23H22N4O4/c1-12-3-5-13(6-4-12)27-22(29)18(21(28)26-23(27)30)20-19-15(9-10-24-20)16-11-14(31-2)7-8-17(16)25-19/h3-8,11,20,24-25,29H,9-10H2,1-2H3,(H,26,28,30). The molecule has 2 aromatic carbocycles. The molecule has 1 atom stereocenters. The van der Waals surface area contributed by atoms with Crippen molar-refractivity contribution in [3.8, 4) is 17.3 Å². The summed E-state index contributed by atoms with van der Waals surface area (Å²) in [4.78, 5) is 31.1. The zero-order valence-electron chi connectivity index (χ0n) is 17.2. The molecule has 0 spiro atoms. The molecule has 0 fully saturated rings. The number of H-pyrrole nitrogens is 2. The Morgan fingerprint density at radius 3 is 2.61 bits per heavy atom. The lowest BCUT2D eigenvalue weighted by Gasteiger charge is -2.25. The van der Waals surface area contributed by atoms with Gasteiger partial charge in [-0.1, -0.05) is 17.7 Å². The van der Waals surface area contributed by atoms with Crippen LogP contribution < -0.4 is 21.3 Å². The van der Waals surface area contributed by atoms with E-state index in [1.807, 2.05) is 37.3 Å². The molecule has 2 aromatic heterocycles. The molecule has 1 aliphatic heterocycles. The molecule has 1 unspecified atom stereocenters. The van der Waals surface area contributed by atoms with Gasteiger partial charge in [0, 0.05) is 23.1 Å². The Labute approximate surface area is 177 Å². The van der Waals surface area contributed by atoms with E-state index in [0.29, 0.717) is 12.2 Å². The van der Waals surface area contributed by atoms with Crippen LogP contribution in [-0.2, 0) is 6.42 Å². The van der Waals surface area contributed by atoms with Gasteiger partial charge in [-0.05, 0) is 49.2 Å². The number of aromatic amines is 2. The van der Waals surface area contributed by atoms with Gasteiger partial charge in [-0.3, -0.25) is 9.78 Å². The third-order valence-corrected chi connectivity index (χ3v) is 5.86. The van der Waals surface area contributed by atoms with E-state index in [2.05, 4.69) is 15.3 Å². The number of aromatic hydroxyl groups is 1. The average molecular weight is 418 g/mol. The van der Waals surface area contributed by atoms with Crippen molar-refractivity contribution < 1.29 is 9.84 Å². The Kier molecular flexibility index (Phi) is 4.44. The summed E-state index contributed by atoms with van der Waals surface area (Å²) in [6.07, 6.45) is 0.759. The van der Waals surface area contributed by atoms with Crippen molar-refractivity contribution in [1.82, 2.24) is 19.9 Å². The minimum Gasteiger partial charge on any atom is -0.497 e. The van der Waals surface area contributed by atoms with Crippen LogP contribution in [0.5, 0.6) is 11.6 Å². The monoisotopic (exact) mass is 418 g/mol. The fraction of sp³-hybridized carbons (Fsp3) is 0.217. The summed E-state index contributed by atoms with van der Waals surface area (Å²) in [7, 11) is 1.62. The molecule has 0 saturated heterocycles. The van der Waals surface area contributed by atoms with Crippen molar-refractivity contribution in [2.75, 3.05) is 13.7 Å². The van der Waals surface area contributed by atoms with Crippen LogP contribution in [-0.4, -0.2) is 33.3 Å². The third-order valence-electron chi connectivity index (χ3n) is 5.86. The SMILES string of the molecule is COc1ccc2[nH]c3c(c2c1)CCNC3c1c(O)n(-c2ccc(C)cc2)c(=O)[nH]c1=O. The number of methoxy groups -OCH3 is 1. The number of ether oxygens (including phenoxy) is 1. The summed E-state index contributed by atoms with van der Waals surface area (Å²) in [6.45, 7) is 2.55. The topological polar surface area (TPSA) is 112 Å². The highest BCUT2D eigenvalue weighted by Crippen LogP contribution is 2.36. The highest BCUT2D eigenvalue weighted by atomic mass is 16.5. The Bertz CT molecular complexity index is 1410. The van der Waals surface area contributed by atoms with Gasteiger partial charge < -0.3 is 20.1 Å². The summed E-state index contributed by atoms with van der Waals surface area (Å²) < 4.78 is 6.48. The molecule has 8 nitrogen and oxygen atoms in total. The van der Waals surface area contributed by atoms with Crippen molar-refractivity contribution in [3.63, 3.8) is 0 Å². The minimum atomic E-state index is -0.687. The van der Waals surface area contributed by atoms with Crippen molar-refractivity contribution in [3.05, 3.63) is 85.7 Å². The second-order valence-corrected chi connectivity index (χ2v) is 7.73. The molecule has 0 bridgehead atoms. The number of aromatic nitrogens is 3. The van der Waals surface area contributed by atoms with E-state index in [1.54, 1.807) is 19.2 Å². The smallest absolute Gasteiger partial charge is 0.335 e. The quantitative estimate of drug-likeness (QED) is 0.408. The van der Waals surface area contributed by atoms with Gasteiger partial charge in [-0.15, -0.1) is 0 Å².